The Morgan fingerprint density at radius 3 is 2.45 bits per heavy atom. The quantitative estimate of drug-likeness (QED) is 0.632. The molecule has 2 heteroatoms. The Morgan fingerprint density at radius 2 is 2.00 bits per heavy atom. The zero-order chi connectivity index (χ0) is 8.43. The largest absolute Gasteiger partial charge is 0.296 e. The molecule has 0 aliphatic rings. The van der Waals surface area contributed by atoms with Crippen LogP contribution in [0.1, 0.15) is 25.3 Å². The second-order valence-electron chi connectivity index (χ2n) is 2.84. The Morgan fingerprint density at radius 1 is 1.36 bits per heavy atom. The highest BCUT2D eigenvalue weighted by Crippen LogP contribution is 2.22. The van der Waals surface area contributed by atoms with E-state index in [1.165, 1.54) is 9.13 Å². The van der Waals surface area contributed by atoms with Crippen LogP contribution >= 0.6 is 11.6 Å². The van der Waals surface area contributed by atoms with Gasteiger partial charge in [0.25, 0.3) is 22.6 Å². The molecular weight excluding hydrogens is 270 g/mol. The van der Waals surface area contributed by atoms with Crippen LogP contribution in [-0.4, -0.2) is 0 Å². The summed E-state index contributed by atoms with van der Waals surface area (Å²) in [5, 5.41) is 0.891. The van der Waals surface area contributed by atoms with Gasteiger partial charge in [-0.15, -0.1) is 0 Å². The van der Waals surface area contributed by atoms with E-state index >= 15 is 0 Å². The summed E-state index contributed by atoms with van der Waals surface area (Å²) in [5.74, 6) is 0.518. The van der Waals surface area contributed by atoms with Gasteiger partial charge in [0.2, 0.25) is 0 Å². The topological polar surface area (TPSA) is 0 Å². The first-order valence-corrected chi connectivity index (χ1v) is 5.12. The molecule has 1 rings (SSSR count). The Labute approximate surface area is 86.1 Å². The van der Waals surface area contributed by atoms with Gasteiger partial charge in [-0.25, -0.2) is 0 Å². The number of benzene rings is 1. The van der Waals surface area contributed by atoms with Crippen molar-refractivity contribution in [1.82, 2.24) is 0 Å². The molecule has 60 valence electrons. The molecule has 1 aromatic carbocycles. The first-order chi connectivity index (χ1) is 5.11. The normalized spacial score (nSPS) is 10.6. The van der Waals surface area contributed by atoms with Crippen molar-refractivity contribution in [2.24, 2.45) is 0 Å². The predicted molar refractivity (Wildman–Crippen MR) is 45.6 cm³/mol. The summed E-state index contributed by atoms with van der Waals surface area (Å²) in [6, 6.07) is 6.22. The van der Waals surface area contributed by atoms with Crippen molar-refractivity contribution in [3.8, 4) is 0 Å². The van der Waals surface area contributed by atoms with E-state index in [4.69, 9.17) is 11.6 Å². The Kier molecular flexibility index (Phi) is 3.19. The molecule has 0 saturated carbocycles. The Hall–Kier alpha value is 0.240. The van der Waals surface area contributed by atoms with Crippen molar-refractivity contribution in [2.45, 2.75) is 19.8 Å². The summed E-state index contributed by atoms with van der Waals surface area (Å²) >= 11 is 8.01. The highest BCUT2D eigenvalue weighted by molar-refractivity contribution is 6.31. The second-order valence-corrected chi connectivity index (χ2v) is 4.59. The number of rotatable bonds is 1. The molecule has 0 spiro atoms. The molecule has 0 aliphatic heterocycles. The number of halogens is 2. The fourth-order valence-corrected chi connectivity index (χ4v) is 2.11. The predicted octanol–water partition coefficient (Wildman–Crippen LogP) is -0.0814. The lowest BCUT2D eigenvalue weighted by Gasteiger charge is -2.05. The maximum absolute atomic E-state index is 6.03. The van der Waals surface area contributed by atoms with Gasteiger partial charge in [0.05, 0.1) is 0 Å². The lowest BCUT2D eigenvalue weighted by Crippen LogP contribution is -3.34. The smallest absolute Gasteiger partial charge is 0.0839 e. The minimum Gasteiger partial charge on any atom is -0.0839 e. The van der Waals surface area contributed by atoms with E-state index in [0.717, 1.165) is 5.02 Å². The fraction of sp³-hybridized carbons (Fsp3) is 0.333. The van der Waals surface area contributed by atoms with Crippen LogP contribution in [0.2, 0.25) is 5.02 Å². The van der Waals surface area contributed by atoms with Gasteiger partial charge in [-0.1, -0.05) is 31.5 Å². The third-order valence-corrected chi connectivity index (χ3v) is 2.65. The molecule has 0 bridgehead atoms. The molecule has 0 heterocycles. The molecule has 0 aliphatic carbocycles. The molecule has 1 aromatic rings. The molecule has 0 unspecified atom stereocenters. The van der Waals surface area contributed by atoms with Gasteiger partial charge in [0.15, 0.2) is 3.57 Å². The number of hydrogen-bond donors (Lipinski definition) is 0. The maximum Gasteiger partial charge on any atom is 0.296 e. The molecule has 0 saturated heterocycles. The van der Waals surface area contributed by atoms with E-state index in [-0.39, 0.29) is 0 Å². The van der Waals surface area contributed by atoms with Crippen LogP contribution in [-0.2, 0) is 0 Å². The number of hydrogen-bond acceptors (Lipinski definition) is 0. The molecule has 0 atom stereocenters. The van der Waals surface area contributed by atoms with Crippen molar-refractivity contribution >= 4 is 11.6 Å². The summed E-state index contributed by atoms with van der Waals surface area (Å²) in [6.45, 7) is 4.30. The fourth-order valence-electron chi connectivity index (χ4n) is 0.976. The molecule has 0 radical (unpaired) electrons. The van der Waals surface area contributed by atoms with Gasteiger partial charge in [0, 0.05) is 11.1 Å². The van der Waals surface area contributed by atoms with Crippen molar-refractivity contribution < 1.29 is 22.6 Å². The standard InChI is InChI=1S/C9H11ClI/c1-6(2)8-4-3-7(11)5-9(8)10/h3-6,11H,1-2H3/q+1. The van der Waals surface area contributed by atoms with E-state index in [9.17, 15) is 0 Å². The summed E-state index contributed by atoms with van der Waals surface area (Å²) in [6.07, 6.45) is 0. The highest BCUT2D eigenvalue weighted by Gasteiger charge is 2.06. The molecule has 0 nitrogen and oxygen atoms in total. The monoisotopic (exact) mass is 281 g/mol. The van der Waals surface area contributed by atoms with Crippen molar-refractivity contribution in [2.75, 3.05) is 0 Å². The van der Waals surface area contributed by atoms with Crippen LogP contribution in [0.5, 0.6) is 0 Å². The molecule has 0 aromatic heterocycles. The molecule has 0 fully saturated rings. The Bertz CT molecular complexity index is 256. The average molecular weight is 282 g/mol. The lowest BCUT2D eigenvalue weighted by atomic mass is 10.0. The SMILES string of the molecule is CC(C)c1ccc([IH+])cc1Cl. The Balaban J connectivity index is 3.09. The van der Waals surface area contributed by atoms with E-state index in [0.29, 0.717) is 5.92 Å². The first kappa shape index (κ1) is 9.33. The summed E-state index contributed by atoms with van der Waals surface area (Å²) in [5.41, 5.74) is 1.24. The molecular formula is C9H11ClI+. The summed E-state index contributed by atoms with van der Waals surface area (Å²) in [7, 11) is 0. The van der Waals surface area contributed by atoms with Crippen LogP contribution in [0.15, 0.2) is 18.2 Å². The zero-order valence-corrected chi connectivity index (χ0v) is 9.68. The second kappa shape index (κ2) is 3.76. The molecule has 0 N–H and O–H groups in total. The van der Waals surface area contributed by atoms with Gasteiger partial charge in [-0.3, -0.25) is 0 Å². The van der Waals surface area contributed by atoms with Crippen LogP contribution < -0.4 is 22.6 Å². The van der Waals surface area contributed by atoms with E-state index in [2.05, 4.69) is 26.0 Å². The third-order valence-electron chi connectivity index (χ3n) is 1.59. The van der Waals surface area contributed by atoms with Crippen LogP contribution in [0.3, 0.4) is 0 Å². The van der Waals surface area contributed by atoms with E-state index in [1.807, 2.05) is 28.7 Å². The third kappa shape index (κ3) is 2.34. The van der Waals surface area contributed by atoms with Gasteiger partial charge >= 0.3 is 0 Å². The van der Waals surface area contributed by atoms with Gasteiger partial charge in [0.1, 0.15) is 0 Å². The summed E-state index contributed by atoms with van der Waals surface area (Å²) < 4.78 is 1.23. The zero-order valence-electron chi connectivity index (χ0n) is 6.60. The first-order valence-electron chi connectivity index (χ1n) is 3.57. The van der Waals surface area contributed by atoms with Crippen molar-refractivity contribution in [3.63, 3.8) is 0 Å². The average Bonchev–Trinajstić information content (AvgIpc) is 1.85. The molecule has 0 amide bonds. The minimum absolute atomic E-state index is 0.518. The van der Waals surface area contributed by atoms with Gasteiger partial charge in [-0.05, 0) is 17.5 Å². The van der Waals surface area contributed by atoms with Crippen LogP contribution in [0, 0.1) is 3.57 Å². The molecule has 11 heavy (non-hydrogen) atoms. The van der Waals surface area contributed by atoms with Crippen LogP contribution in [0.25, 0.3) is 0 Å². The van der Waals surface area contributed by atoms with Crippen molar-refractivity contribution in [3.05, 3.63) is 32.4 Å². The maximum atomic E-state index is 6.03. The van der Waals surface area contributed by atoms with Crippen LogP contribution in [0.4, 0.5) is 0 Å². The highest BCUT2D eigenvalue weighted by atomic mass is 127. The summed E-state index contributed by atoms with van der Waals surface area (Å²) in [4.78, 5) is 0. The van der Waals surface area contributed by atoms with Gasteiger partial charge < -0.3 is 0 Å². The van der Waals surface area contributed by atoms with E-state index < -0.39 is 0 Å². The van der Waals surface area contributed by atoms with Gasteiger partial charge in [-0.2, -0.15) is 0 Å². The lowest BCUT2D eigenvalue weighted by molar-refractivity contribution is -0.328. The minimum atomic E-state index is 0.518. The van der Waals surface area contributed by atoms with Crippen molar-refractivity contribution in [1.29, 1.82) is 0 Å². The van der Waals surface area contributed by atoms with E-state index in [1.54, 1.807) is 0 Å².